The molecule has 0 amide bonds. The van der Waals surface area contributed by atoms with Crippen LogP contribution in [0.15, 0.2) is 0 Å². The van der Waals surface area contributed by atoms with Gasteiger partial charge in [-0.2, -0.15) is 0 Å². The average Bonchev–Trinajstić information content (AvgIpc) is 2.74. The maximum Gasteiger partial charge on any atom is 0.00698 e. The van der Waals surface area contributed by atoms with E-state index >= 15 is 0 Å². The molecule has 0 aliphatic carbocycles. The van der Waals surface area contributed by atoms with Gasteiger partial charge in [-0.15, -0.1) is 0 Å². The minimum Gasteiger partial charge on any atom is -0.314 e. The van der Waals surface area contributed by atoms with Crippen LogP contribution in [0.5, 0.6) is 0 Å². The minimum atomic E-state index is 0.761. The molecular weight excluding hydrogens is 350 g/mol. The van der Waals surface area contributed by atoms with E-state index in [4.69, 9.17) is 0 Å². The van der Waals surface area contributed by atoms with Gasteiger partial charge in [0.15, 0.2) is 0 Å². The lowest BCUT2D eigenvalue weighted by molar-refractivity contribution is 0.307. The summed E-state index contributed by atoms with van der Waals surface area (Å²) in [5, 5.41) is 4.05. The van der Waals surface area contributed by atoms with Gasteiger partial charge in [0.2, 0.25) is 0 Å². The highest BCUT2D eigenvalue weighted by Gasteiger charge is 2.16. The molecule has 0 aliphatic heterocycles. The second-order valence-corrected chi connectivity index (χ2v) is 9.79. The first-order valence-electron chi connectivity index (χ1n) is 13.9. The van der Waals surface area contributed by atoms with Crippen molar-refractivity contribution in [2.75, 3.05) is 6.54 Å². The summed E-state index contributed by atoms with van der Waals surface area (Å²) in [4.78, 5) is 0. The second kappa shape index (κ2) is 22.6. The molecule has 0 spiro atoms. The molecule has 0 aromatic carbocycles. The summed E-state index contributed by atoms with van der Waals surface area (Å²) in [6.45, 7) is 13.0. The van der Waals surface area contributed by atoms with Crippen molar-refractivity contribution < 1.29 is 0 Å². The van der Waals surface area contributed by atoms with Gasteiger partial charge in [-0.25, -0.2) is 0 Å². The second-order valence-electron chi connectivity index (χ2n) is 9.79. The lowest BCUT2D eigenvalue weighted by Gasteiger charge is -2.26. The first-order valence-corrected chi connectivity index (χ1v) is 13.9. The summed E-state index contributed by atoms with van der Waals surface area (Å²) in [7, 11) is 0. The molecule has 0 rings (SSSR count). The molecule has 0 bridgehead atoms. The van der Waals surface area contributed by atoms with E-state index in [9.17, 15) is 0 Å². The molecular formula is C28H59N. The molecule has 176 valence electrons. The number of hydrogen-bond donors (Lipinski definition) is 1. The predicted molar refractivity (Wildman–Crippen MR) is 135 cm³/mol. The third kappa shape index (κ3) is 18.4. The highest BCUT2D eigenvalue weighted by atomic mass is 14.9. The summed E-state index contributed by atoms with van der Waals surface area (Å²) in [5.74, 6) is 1.82. The van der Waals surface area contributed by atoms with Crippen LogP contribution < -0.4 is 5.32 Å². The van der Waals surface area contributed by atoms with E-state index in [1.807, 2.05) is 0 Å². The molecule has 0 aromatic heterocycles. The summed E-state index contributed by atoms with van der Waals surface area (Å²) in [6, 6.07) is 0.761. The Morgan fingerprint density at radius 1 is 0.483 bits per heavy atom. The van der Waals surface area contributed by atoms with Gasteiger partial charge in [0, 0.05) is 6.04 Å². The molecule has 1 heteroatoms. The summed E-state index contributed by atoms with van der Waals surface area (Å²) >= 11 is 0. The van der Waals surface area contributed by atoms with Crippen molar-refractivity contribution in [3.05, 3.63) is 0 Å². The Balaban J connectivity index is 4.25. The standard InChI is InChI=1S/C28H59N/c1-6-11-14-15-16-17-18-19-20-23-28(24-26(9-4)21-12-7-2)29-25-27(10-5)22-13-8-3/h26-29H,6-25H2,1-5H3. The molecule has 0 radical (unpaired) electrons. The third-order valence-electron chi connectivity index (χ3n) is 7.06. The van der Waals surface area contributed by atoms with E-state index in [-0.39, 0.29) is 0 Å². The zero-order valence-electron chi connectivity index (χ0n) is 21.4. The predicted octanol–water partition coefficient (Wildman–Crippen LogP) is 9.69. The van der Waals surface area contributed by atoms with E-state index in [1.165, 1.54) is 129 Å². The smallest absolute Gasteiger partial charge is 0.00698 e. The quantitative estimate of drug-likeness (QED) is 0.166. The lowest BCUT2D eigenvalue weighted by atomic mass is 9.89. The highest BCUT2D eigenvalue weighted by molar-refractivity contribution is 4.74. The van der Waals surface area contributed by atoms with E-state index in [1.54, 1.807) is 0 Å². The van der Waals surface area contributed by atoms with Crippen LogP contribution >= 0.6 is 0 Å². The molecule has 0 aliphatic rings. The van der Waals surface area contributed by atoms with Crippen molar-refractivity contribution in [2.24, 2.45) is 11.8 Å². The maximum atomic E-state index is 4.05. The topological polar surface area (TPSA) is 12.0 Å². The van der Waals surface area contributed by atoms with Crippen LogP contribution in [0.1, 0.15) is 157 Å². The van der Waals surface area contributed by atoms with Crippen LogP contribution in [0.3, 0.4) is 0 Å². The molecule has 0 aromatic rings. The van der Waals surface area contributed by atoms with Crippen molar-refractivity contribution in [1.29, 1.82) is 0 Å². The zero-order valence-corrected chi connectivity index (χ0v) is 21.4. The Kier molecular flexibility index (Phi) is 22.6. The van der Waals surface area contributed by atoms with Crippen LogP contribution in [0.25, 0.3) is 0 Å². The summed E-state index contributed by atoms with van der Waals surface area (Å²) in [5.41, 5.74) is 0. The third-order valence-corrected chi connectivity index (χ3v) is 7.06. The highest BCUT2D eigenvalue weighted by Crippen LogP contribution is 2.22. The molecule has 0 saturated carbocycles. The molecule has 0 fully saturated rings. The maximum absolute atomic E-state index is 4.05. The monoisotopic (exact) mass is 409 g/mol. The molecule has 29 heavy (non-hydrogen) atoms. The van der Waals surface area contributed by atoms with E-state index < -0.39 is 0 Å². The van der Waals surface area contributed by atoms with Crippen LogP contribution in [0.2, 0.25) is 0 Å². The van der Waals surface area contributed by atoms with Gasteiger partial charge in [-0.3, -0.25) is 0 Å². The van der Waals surface area contributed by atoms with E-state index in [0.717, 1.165) is 17.9 Å². The van der Waals surface area contributed by atoms with Gasteiger partial charge >= 0.3 is 0 Å². The van der Waals surface area contributed by atoms with Gasteiger partial charge < -0.3 is 5.32 Å². The van der Waals surface area contributed by atoms with Crippen molar-refractivity contribution in [2.45, 2.75) is 163 Å². The van der Waals surface area contributed by atoms with Crippen LogP contribution in [-0.4, -0.2) is 12.6 Å². The van der Waals surface area contributed by atoms with Gasteiger partial charge in [-0.1, -0.05) is 137 Å². The Morgan fingerprint density at radius 3 is 1.48 bits per heavy atom. The van der Waals surface area contributed by atoms with Gasteiger partial charge in [-0.05, 0) is 37.6 Å². The Labute approximate surface area is 186 Å². The number of rotatable bonds is 23. The van der Waals surface area contributed by atoms with Crippen LogP contribution in [0, 0.1) is 11.8 Å². The number of nitrogens with one attached hydrogen (secondary N) is 1. The minimum absolute atomic E-state index is 0.761. The molecule has 3 unspecified atom stereocenters. The molecule has 0 heterocycles. The number of unbranched alkanes of at least 4 members (excludes halogenated alkanes) is 10. The largest absolute Gasteiger partial charge is 0.314 e. The summed E-state index contributed by atoms with van der Waals surface area (Å²) < 4.78 is 0. The van der Waals surface area contributed by atoms with Crippen molar-refractivity contribution >= 4 is 0 Å². The fourth-order valence-corrected chi connectivity index (χ4v) is 4.67. The van der Waals surface area contributed by atoms with Gasteiger partial charge in [0.05, 0.1) is 0 Å². The number of hydrogen-bond acceptors (Lipinski definition) is 1. The molecule has 1 N–H and O–H groups in total. The SMILES string of the molecule is CCCCCCCCCCCC(CC(CC)CCCC)NCC(CC)CCCC. The van der Waals surface area contributed by atoms with E-state index in [2.05, 4.69) is 39.9 Å². The van der Waals surface area contributed by atoms with Crippen LogP contribution in [0.4, 0.5) is 0 Å². The molecule has 3 atom stereocenters. The Morgan fingerprint density at radius 2 is 0.966 bits per heavy atom. The van der Waals surface area contributed by atoms with Crippen molar-refractivity contribution in [3.8, 4) is 0 Å². The molecule has 0 saturated heterocycles. The van der Waals surface area contributed by atoms with Crippen molar-refractivity contribution in [3.63, 3.8) is 0 Å². The van der Waals surface area contributed by atoms with Crippen LogP contribution in [-0.2, 0) is 0 Å². The normalized spacial score (nSPS) is 14.8. The zero-order chi connectivity index (χ0) is 21.6. The molecule has 1 nitrogen and oxygen atoms in total. The van der Waals surface area contributed by atoms with Crippen molar-refractivity contribution in [1.82, 2.24) is 5.32 Å². The Hall–Kier alpha value is -0.0400. The van der Waals surface area contributed by atoms with Gasteiger partial charge in [0.25, 0.3) is 0 Å². The summed E-state index contributed by atoms with van der Waals surface area (Å²) in [6.07, 6.45) is 26.9. The van der Waals surface area contributed by atoms with E-state index in [0.29, 0.717) is 0 Å². The Bertz CT molecular complexity index is 301. The first-order chi connectivity index (χ1) is 14.2. The van der Waals surface area contributed by atoms with Gasteiger partial charge in [0.1, 0.15) is 0 Å². The average molecular weight is 410 g/mol. The fourth-order valence-electron chi connectivity index (χ4n) is 4.67. The fraction of sp³-hybridized carbons (Fsp3) is 1.00. The first kappa shape index (κ1) is 29.0. The lowest BCUT2D eigenvalue weighted by Crippen LogP contribution is -2.35.